The summed E-state index contributed by atoms with van der Waals surface area (Å²) in [5.74, 6) is -0.0377. The van der Waals surface area contributed by atoms with Gasteiger partial charge in [0.15, 0.2) is 0 Å². The molecule has 0 aromatic heterocycles. The molecular formula is C7H15NO2S. The Morgan fingerprint density at radius 3 is 2.64 bits per heavy atom. The number of esters is 1. The maximum atomic E-state index is 10.9. The predicted molar refractivity (Wildman–Crippen MR) is 47.7 cm³/mol. The van der Waals surface area contributed by atoms with E-state index in [9.17, 15) is 4.79 Å². The fourth-order valence-electron chi connectivity index (χ4n) is 0.444. The predicted octanol–water partition coefficient (Wildman–Crippen LogP) is 0.585. The highest BCUT2D eigenvalue weighted by molar-refractivity contribution is 7.80. The molecule has 0 saturated carbocycles. The standard InChI is InChI=1S/C7H15NO2S/c1-3-5(2)10-7(9)6(8)4-11/h5-6,11H,3-4,8H2,1-2H3/t5?,6-/m0/s1. The summed E-state index contributed by atoms with van der Waals surface area (Å²) in [5.41, 5.74) is 5.37. The molecule has 0 rings (SSSR count). The fourth-order valence-corrected chi connectivity index (χ4v) is 0.593. The first kappa shape index (κ1) is 10.8. The smallest absolute Gasteiger partial charge is 0.324 e. The Morgan fingerprint density at radius 2 is 2.27 bits per heavy atom. The second-order valence-corrected chi connectivity index (χ2v) is 2.81. The van der Waals surface area contributed by atoms with E-state index < -0.39 is 6.04 Å². The van der Waals surface area contributed by atoms with E-state index in [-0.39, 0.29) is 12.1 Å². The summed E-state index contributed by atoms with van der Waals surface area (Å²) in [4.78, 5) is 10.9. The van der Waals surface area contributed by atoms with Crippen molar-refractivity contribution in [3.63, 3.8) is 0 Å². The first-order valence-corrected chi connectivity index (χ1v) is 4.32. The summed E-state index contributed by atoms with van der Waals surface area (Å²) in [7, 11) is 0. The highest BCUT2D eigenvalue weighted by Gasteiger charge is 2.14. The zero-order valence-corrected chi connectivity index (χ0v) is 7.80. The van der Waals surface area contributed by atoms with Gasteiger partial charge in [0.2, 0.25) is 0 Å². The van der Waals surface area contributed by atoms with Crippen LogP contribution in [0.2, 0.25) is 0 Å². The van der Waals surface area contributed by atoms with Gasteiger partial charge in [0, 0.05) is 5.75 Å². The number of carbonyl (C=O) groups excluding carboxylic acids is 1. The van der Waals surface area contributed by atoms with E-state index in [0.717, 1.165) is 6.42 Å². The Kier molecular flexibility index (Phi) is 5.32. The van der Waals surface area contributed by atoms with Crippen LogP contribution in [0, 0.1) is 0 Å². The van der Waals surface area contributed by atoms with Crippen molar-refractivity contribution < 1.29 is 9.53 Å². The molecule has 0 aromatic carbocycles. The number of carbonyl (C=O) groups is 1. The molecular weight excluding hydrogens is 162 g/mol. The van der Waals surface area contributed by atoms with Crippen molar-refractivity contribution in [2.75, 3.05) is 5.75 Å². The molecule has 0 aliphatic rings. The van der Waals surface area contributed by atoms with Gasteiger partial charge in [-0.2, -0.15) is 12.6 Å². The Labute approximate surface area is 72.7 Å². The lowest BCUT2D eigenvalue weighted by Crippen LogP contribution is -2.35. The Hall–Kier alpha value is -0.220. The molecule has 0 bridgehead atoms. The van der Waals surface area contributed by atoms with E-state index in [1.54, 1.807) is 0 Å². The minimum atomic E-state index is -0.590. The van der Waals surface area contributed by atoms with Crippen LogP contribution in [0.5, 0.6) is 0 Å². The van der Waals surface area contributed by atoms with Gasteiger partial charge in [-0.05, 0) is 13.3 Å². The van der Waals surface area contributed by atoms with Crippen LogP contribution in [-0.4, -0.2) is 23.9 Å². The highest BCUT2D eigenvalue weighted by Crippen LogP contribution is 1.98. The number of hydrogen-bond acceptors (Lipinski definition) is 4. The highest BCUT2D eigenvalue weighted by atomic mass is 32.1. The molecule has 2 N–H and O–H groups in total. The Balaban J connectivity index is 3.68. The van der Waals surface area contributed by atoms with E-state index in [1.807, 2.05) is 13.8 Å². The monoisotopic (exact) mass is 177 g/mol. The largest absolute Gasteiger partial charge is 0.462 e. The molecule has 0 saturated heterocycles. The maximum absolute atomic E-state index is 10.9. The van der Waals surface area contributed by atoms with Crippen LogP contribution in [0.15, 0.2) is 0 Å². The number of thiol groups is 1. The topological polar surface area (TPSA) is 52.3 Å². The second kappa shape index (κ2) is 5.43. The minimum Gasteiger partial charge on any atom is -0.462 e. The third kappa shape index (κ3) is 4.27. The van der Waals surface area contributed by atoms with E-state index in [0.29, 0.717) is 5.75 Å². The molecule has 0 spiro atoms. The van der Waals surface area contributed by atoms with Crippen LogP contribution in [0.3, 0.4) is 0 Å². The van der Waals surface area contributed by atoms with Crippen molar-refractivity contribution in [2.24, 2.45) is 5.73 Å². The van der Waals surface area contributed by atoms with Gasteiger partial charge in [0.05, 0.1) is 6.10 Å². The van der Waals surface area contributed by atoms with Gasteiger partial charge in [0.25, 0.3) is 0 Å². The van der Waals surface area contributed by atoms with Crippen LogP contribution in [0.4, 0.5) is 0 Å². The van der Waals surface area contributed by atoms with Gasteiger partial charge < -0.3 is 10.5 Å². The molecule has 2 atom stereocenters. The molecule has 0 radical (unpaired) electrons. The molecule has 1 unspecified atom stereocenters. The van der Waals surface area contributed by atoms with Crippen molar-refractivity contribution in [2.45, 2.75) is 32.4 Å². The van der Waals surface area contributed by atoms with Crippen LogP contribution < -0.4 is 5.73 Å². The molecule has 0 heterocycles. The SMILES string of the molecule is CCC(C)OC(=O)[C@@H](N)CS. The molecule has 0 aliphatic carbocycles. The zero-order chi connectivity index (χ0) is 8.85. The summed E-state index contributed by atoms with van der Waals surface area (Å²) in [6, 6.07) is -0.590. The molecule has 4 heteroatoms. The average molecular weight is 177 g/mol. The zero-order valence-electron chi connectivity index (χ0n) is 6.91. The Morgan fingerprint density at radius 1 is 1.73 bits per heavy atom. The molecule has 0 aliphatic heterocycles. The molecule has 11 heavy (non-hydrogen) atoms. The lowest BCUT2D eigenvalue weighted by Gasteiger charge is -2.13. The normalized spacial score (nSPS) is 15.6. The quantitative estimate of drug-likeness (QED) is 0.488. The number of nitrogens with two attached hydrogens (primary N) is 1. The summed E-state index contributed by atoms with van der Waals surface area (Å²) in [5, 5.41) is 0. The van der Waals surface area contributed by atoms with Crippen LogP contribution >= 0.6 is 12.6 Å². The first-order valence-electron chi connectivity index (χ1n) is 3.68. The minimum absolute atomic E-state index is 0.0477. The maximum Gasteiger partial charge on any atom is 0.324 e. The molecule has 66 valence electrons. The number of rotatable bonds is 4. The first-order chi connectivity index (χ1) is 5.11. The number of hydrogen-bond donors (Lipinski definition) is 2. The van der Waals surface area contributed by atoms with Gasteiger partial charge in [-0.1, -0.05) is 6.92 Å². The second-order valence-electron chi connectivity index (χ2n) is 2.44. The lowest BCUT2D eigenvalue weighted by molar-refractivity contribution is -0.149. The molecule has 3 nitrogen and oxygen atoms in total. The van der Waals surface area contributed by atoms with Crippen molar-refractivity contribution in [3.8, 4) is 0 Å². The number of ether oxygens (including phenoxy) is 1. The summed E-state index contributed by atoms with van der Waals surface area (Å²) < 4.78 is 4.94. The summed E-state index contributed by atoms with van der Waals surface area (Å²) in [6.07, 6.45) is 0.763. The summed E-state index contributed by atoms with van der Waals surface area (Å²) >= 11 is 3.88. The van der Waals surface area contributed by atoms with Gasteiger partial charge >= 0.3 is 5.97 Å². The van der Waals surface area contributed by atoms with Gasteiger partial charge in [-0.15, -0.1) is 0 Å². The van der Waals surface area contributed by atoms with Crippen LogP contribution in [0.1, 0.15) is 20.3 Å². The molecule has 0 fully saturated rings. The lowest BCUT2D eigenvalue weighted by atomic mass is 10.3. The van der Waals surface area contributed by atoms with Crippen molar-refractivity contribution in [3.05, 3.63) is 0 Å². The fraction of sp³-hybridized carbons (Fsp3) is 0.857. The van der Waals surface area contributed by atoms with Crippen LogP contribution in [-0.2, 0) is 9.53 Å². The van der Waals surface area contributed by atoms with Crippen molar-refractivity contribution in [1.82, 2.24) is 0 Å². The van der Waals surface area contributed by atoms with E-state index in [4.69, 9.17) is 10.5 Å². The third-order valence-corrected chi connectivity index (χ3v) is 1.79. The Bertz CT molecular complexity index is 130. The van der Waals surface area contributed by atoms with Gasteiger partial charge in [-0.25, -0.2) is 0 Å². The molecule has 0 amide bonds. The third-order valence-electron chi connectivity index (χ3n) is 1.39. The van der Waals surface area contributed by atoms with E-state index in [2.05, 4.69) is 12.6 Å². The molecule has 0 aromatic rings. The van der Waals surface area contributed by atoms with Crippen molar-refractivity contribution in [1.29, 1.82) is 0 Å². The van der Waals surface area contributed by atoms with Gasteiger partial charge in [0.1, 0.15) is 6.04 Å². The van der Waals surface area contributed by atoms with Gasteiger partial charge in [-0.3, -0.25) is 4.79 Å². The van der Waals surface area contributed by atoms with Crippen molar-refractivity contribution >= 4 is 18.6 Å². The van der Waals surface area contributed by atoms with E-state index >= 15 is 0 Å². The van der Waals surface area contributed by atoms with Crippen LogP contribution in [0.25, 0.3) is 0 Å². The van der Waals surface area contributed by atoms with E-state index in [1.165, 1.54) is 0 Å². The summed E-state index contributed by atoms with van der Waals surface area (Å²) in [6.45, 7) is 3.79. The average Bonchev–Trinajstić information content (AvgIpc) is 2.02.